The maximum Gasteiger partial charge on any atom is 0.343 e. The predicted octanol–water partition coefficient (Wildman–Crippen LogP) is 5.87. The summed E-state index contributed by atoms with van der Waals surface area (Å²) >= 11 is 0. The van der Waals surface area contributed by atoms with E-state index in [1.54, 1.807) is 48.5 Å². The minimum Gasteiger partial charge on any atom is -0.494 e. The summed E-state index contributed by atoms with van der Waals surface area (Å²) in [6, 6.07) is 21.5. The van der Waals surface area contributed by atoms with Crippen LogP contribution in [0.5, 0.6) is 23.0 Å². The van der Waals surface area contributed by atoms with E-state index in [-0.39, 0.29) is 5.88 Å². The Morgan fingerprint density at radius 2 is 1.86 bits per heavy atom. The number of fused-ring (bicyclic) bond motifs is 1. The maximum absolute atomic E-state index is 12.7. The van der Waals surface area contributed by atoms with Crippen molar-refractivity contribution < 1.29 is 23.7 Å². The molecule has 0 aliphatic carbocycles. The average molecular weight is 497 g/mol. The minimum absolute atomic E-state index is 0.0101. The quantitative estimate of drug-likeness (QED) is 0.162. The molecule has 1 aliphatic rings. The lowest BCUT2D eigenvalue weighted by molar-refractivity contribution is 0.0734. The van der Waals surface area contributed by atoms with Gasteiger partial charge in [0.15, 0.2) is 0 Å². The summed E-state index contributed by atoms with van der Waals surface area (Å²) in [5, 5.41) is 9.85. The second-order valence-corrected chi connectivity index (χ2v) is 8.41. The largest absolute Gasteiger partial charge is 0.494 e. The fraction of sp³-hybridized carbons (Fsp3) is 0.200. The summed E-state index contributed by atoms with van der Waals surface area (Å²) < 4.78 is 22.6. The molecule has 0 bridgehead atoms. The first-order valence-electron chi connectivity index (χ1n) is 12.0. The van der Waals surface area contributed by atoms with Crippen LogP contribution in [0.3, 0.4) is 0 Å². The van der Waals surface area contributed by atoms with Crippen LogP contribution in [0.1, 0.15) is 47.2 Å². The third-order valence-corrected chi connectivity index (χ3v) is 5.82. The summed E-state index contributed by atoms with van der Waals surface area (Å²) in [7, 11) is 0. The van der Waals surface area contributed by atoms with Gasteiger partial charge in [0, 0.05) is 11.6 Å². The van der Waals surface area contributed by atoms with Crippen LogP contribution in [-0.2, 0) is 0 Å². The van der Waals surface area contributed by atoms with Crippen molar-refractivity contribution in [2.45, 2.75) is 25.7 Å². The van der Waals surface area contributed by atoms with E-state index in [0.717, 1.165) is 29.7 Å². The second-order valence-electron chi connectivity index (χ2n) is 8.41. The molecule has 1 unspecified atom stereocenters. The van der Waals surface area contributed by atoms with Crippen LogP contribution in [0.25, 0.3) is 0 Å². The number of esters is 1. The molecule has 1 heterocycles. The van der Waals surface area contributed by atoms with E-state index in [1.807, 2.05) is 24.3 Å². The summed E-state index contributed by atoms with van der Waals surface area (Å²) in [5.74, 6) is 1.09. The molecule has 0 radical (unpaired) electrons. The SMILES string of the molecule is C=CCOc1ccc(C(=O)Oc2ccc3c(c2)OC(N)=C(C#N)C3c2cccc(OCCCC)c2)cc1. The number of nitriles is 1. The first-order chi connectivity index (χ1) is 18.0. The Balaban J connectivity index is 1.58. The number of benzene rings is 3. The summed E-state index contributed by atoms with van der Waals surface area (Å²) in [6.07, 6.45) is 3.63. The number of nitrogens with two attached hydrogens (primary N) is 1. The highest BCUT2D eigenvalue weighted by Gasteiger charge is 2.31. The number of allylic oxidation sites excluding steroid dienone is 1. The Labute approximate surface area is 216 Å². The normalized spacial score (nSPS) is 14.1. The number of carbonyl (C=O) groups excluding carboxylic acids is 1. The fourth-order valence-corrected chi connectivity index (χ4v) is 3.97. The highest BCUT2D eigenvalue weighted by Crippen LogP contribution is 2.44. The van der Waals surface area contributed by atoms with E-state index in [9.17, 15) is 10.1 Å². The minimum atomic E-state index is -0.527. The molecule has 0 spiro atoms. The molecule has 0 saturated heterocycles. The predicted molar refractivity (Wildman–Crippen MR) is 140 cm³/mol. The molecular weight excluding hydrogens is 468 g/mol. The lowest BCUT2D eigenvalue weighted by atomic mass is 9.83. The number of rotatable bonds is 10. The third kappa shape index (κ3) is 5.93. The van der Waals surface area contributed by atoms with Crippen molar-refractivity contribution in [2.24, 2.45) is 5.73 Å². The summed E-state index contributed by atoms with van der Waals surface area (Å²) in [4.78, 5) is 12.7. The Bertz CT molecular complexity index is 1360. The Hall–Kier alpha value is -4.70. The van der Waals surface area contributed by atoms with Gasteiger partial charge in [-0.05, 0) is 54.4 Å². The van der Waals surface area contributed by atoms with Gasteiger partial charge in [0.2, 0.25) is 5.88 Å². The van der Waals surface area contributed by atoms with Crippen molar-refractivity contribution in [3.63, 3.8) is 0 Å². The van der Waals surface area contributed by atoms with E-state index >= 15 is 0 Å². The van der Waals surface area contributed by atoms with Crippen LogP contribution in [0.15, 0.2) is 90.8 Å². The third-order valence-electron chi connectivity index (χ3n) is 5.82. The van der Waals surface area contributed by atoms with Crippen molar-refractivity contribution >= 4 is 5.97 Å². The Kier molecular flexibility index (Phi) is 8.11. The van der Waals surface area contributed by atoms with Crippen molar-refractivity contribution in [3.8, 4) is 29.1 Å². The lowest BCUT2D eigenvalue weighted by Gasteiger charge is -2.27. The topological polar surface area (TPSA) is 104 Å². The zero-order chi connectivity index (χ0) is 26.2. The van der Waals surface area contributed by atoms with Gasteiger partial charge in [-0.15, -0.1) is 0 Å². The van der Waals surface area contributed by atoms with E-state index in [0.29, 0.717) is 41.6 Å². The number of hydrogen-bond acceptors (Lipinski definition) is 7. The first kappa shape index (κ1) is 25.4. The van der Waals surface area contributed by atoms with E-state index < -0.39 is 11.9 Å². The Morgan fingerprint density at radius 1 is 1.08 bits per heavy atom. The summed E-state index contributed by atoms with van der Waals surface area (Å²) in [6.45, 7) is 6.71. The molecule has 1 atom stereocenters. The van der Waals surface area contributed by atoms with Crippen molar-refractivity contribution in [3.05, 3.63) is 108 Å². The van der Waals surface area contributed by atoms with Gasteiger partial charge in [0.05, 0.1) is 18.1 Å². The van der Waals surface area contributed by atoms with E-state index in [2.05, 4.69) is 19.6 Å². The number of ether oxygens (including phenoxy) is 4. The van der Waals surface area contributed by atoms with Crippen LogP contribution >= 0.6 is 0 Å². The lowest BCUT2D eigenvalue weighted by Crippen LogP contribution is -2.21. The van der Waals surface area contributed by atoms with Crippen LogP contribution in [0, 0.1) is 11.3 Å². The molecule has 0 aromatic heterocycles. The van der Waals surface area contributed by atoms with Crippen molar-refractivity contribution in [1.82, 2.24) is 0 Å². The standard InChI is InChI=1S/C30H28N2O5/c1-3-5-16-35-23-8-6-7-21(17-23)28-25-14-13-24(18-27(25)37-29(32)26(28)19-31)36-30(33)20-9-11-22(12-10-20)34-15-4-2/h4,6-14,17-18,28H,2-3,5,15-16,32H2,1H3. The van der Waals surface area contributed by atoms with Gasteiger partial charge in [0.1, 0.15) is 41.2 Å². The molecule has 0 amide bonds. The average Bonchev–Trinajstić information content (AvgIpc) is 2.91. The van der Waals surface area contributed by atoms with Gasteiger partial charge < -0.3 is 24.7 Å². The van der Waals surface area contributed by atoms with Gasteiger partial charge in [-0.1, -0.05) is 44.2 Å². The fourth-order valence-electron chi connectivity index (χ4n) is 3.97. The molecule has 3 aromatic rings. The molecule has 7 nitrogen and oxygen atoms in total. The number of hydrogen-bond donors (Lipinski definition) is 1. The highest BCUT2D eigenvalue weighted by atomic mass is 16.5. The van der Waals surface area contributed by atoms with Crippen LogP contribution < -0.4 is 24.7 Å². The van der Waals surface area contributed by atoms with Crippen molar-refractivity contribution in [2.75, 3.05) is 13.2 Å². The number of unbranched alkanes of at least 4 members (excludes halogenated alkanes) is 1. The van der Waals surface area contributed by atoms with Gasteiger partial charge in [-0.3, -0.25) is 0 Å². The molecule has 37 heavy (non-hydrogen) atoms. The Morgan fingerprint density at radius 3 is 2.59 bits per heavy atom. The van der Waals surface area contributed by atoms with E-state index in [1.165, 1.54) is 0 Å². The number of carbonyl (C=O) groups is 1. The van der Waals surface area contributed by atoms with Gasteiger partial charge in [0.25, 0.3) is 0 Å². The number of nitrogens with zero attached hydrogens (tertiary/aromatic N) is 1. The molecule has 0 fully saturated rings. The summed E-state index contributed by atoms with van der Waals surface area (Å²) in [5.41, 5.74) is 8.40. The second kappa shape index (κ2) is 11.8. The van der Waals surface area contributed by atoms with Gasteiger partial charge in [-0.2, -0.15) is 5.26 Å². The molecule has 188 valence electrons. The van der Waals surface area contributed by atoms with Crippen LogP contribution in [0.2, 0.25) is 0 Å². The van der Waals surface area contributed by atoms with Crippen LogP contribution in [-0.4, -0.2) is 19.2 Å². The van der Waals surface area contributed by atoms with Crippen molar-refractivity contribution in [1.29, 1.82) is 5.26 Å². The zero-order valence-corrected chi connectivity index (χ0v) is 20.6. The molecule has 4 rings (SSSR count). The molecule has 7 heteroatoms. The highest BCUT2D eigenvalue weighted by molar-refractivity contribution is 5.91. The maximum atomic E-state index is 12.7. The molecule has 0 saturated carbocycles. The smallest absolute Gasteiger partial charge is 0.343 e. The van der Waals surface area contributed by atoms with E-state index in [4.69, 9.17) is 24.7 Å². The monoisotopic (exact) mass is 496 g/mol. The molecule has 2 N–H and O–H groups in total. The van der Waals surface area contributed by atoms with Crippen LogP contribution in [0.4, 0.5) is 0 Å². The molecule has 1 aliphatic heterocycles. The first-order valence-corrected chi connectivity index (χ1v) is 12.0. The molecule has 3 aromatic carbocycles. The van der Waals surface area contributed by atoms with Gasteiger partial charge in [-0.25, -0.2) is 4.79 Å². The zero-order valence-electron chi connectivity index (χ0n) is 20.6. The molecular formula is C30H28N2O5. The van der Waals surface area contributed by atoms with Gasteiger partial charge >= 0.3 is 5.97 Å².